The van der Waals surface area contributed by atoms with Gasteiger partial charge in [-0.25, -0.2) is 0 Å². The Balaban J connectivity index is 2.62. The first-order valence-corrected chi connectivity index (χ1v) is 9.16. The Morgan fingerprint density at radius 3 is 2.60 bits per heavy atom. The van der Waals surface area contributed by atoms with Crippen LogP contribution in [-0.4, -0.2) is 23.6 Å². The summed E-state index contributed by atoms with van der Waals surface area (Å²) in [5, 5.41) is 5.81. The molecule has 0 aliphatic rings. The second-order valence-corrected chi connectivity index (χ2v) is 7.46. The molecular formula is C16H25Cl2NS. The summed E-state index contributed by atoms with van der Waals surface area (Å²) in [6, 6.07) is 6.25. The molecule has 1 rings (SSSR count). The fourth-order valence-electron chi connectivity index (χ4n) is 1.89. The van der Waals surface area contributed by atoms with Crippen LogP contribution in [0.15, 0.2) is 18.2 Å². The Morgan fingerprint density at radius 2 is 2.00 bits per heavy atom. The predicted molar refractivity (Wildman–Crippen MR) is 94.5 cm³/mol. The molecule has 2 atom stereocenters. The largest absolute Gasteiger partial charge is 0.313 e. The summed E-state index contributed by atoms with van der Waals surface area (Å²) >= 11 is 14.3. The highest BCUT2D eigenvalue weighted by molar-refractivity contribution is 7.99. The van der Waals surface area contributed by atoms with E-state index >= 15 is 0 Å². The van der Waals surface area contributed by atoms with Gasteiger partial charge < -0.3 is 5.32 Å². The van der Waals surface area contributed by atoms with Gasteiger partial charge in [0.25, 0.3) is 0 Å². The van der Waals surface area contributed by atoms with Crippen molar-refractivity contribution < 1.29 is 0 Å². The standard InChI is InChI=1S/C16H25Cl2NS/c1-4-8-19-15(11-20-12(3)5-2)9-13-6-7-14(17)10-16(13)18/h6-7,10,12,15,19H,4-5,8-9,11H2,1-3H3. The number of nitrogens with one attached hydrogen (secondary N) is 1. The highest BCUT2D eigenvalue weighted by Crippen LogP contribution is 2.23. The van der Waals surface area contributed by atoms with Gasteiger partial charge in [0.05, 0.1) is 0 Å². The van der Waals surface area contributed by atoms with Crippen molar-refractivity contribution in [1.82, 2.24) is 5.32 Å². The van der Waals surface area contributed by atoms with Crippen LogP contribution in [-0.2, 0) is 6.42 Å². The summed E-state index contributed by atoms with van der Waals surface area (Å²) in [5.74, 6) is 1.12. The fraction of sp³-hybridized carbons (Fsp3) is 0.625. The molecule has 2 unspecified atom stereocenters. The minimum atomic E-state index is 0.465. The molecule has 0 bridgehead atoms. The summed E-state index contributed by atoms with van der Waals surface area (Å²) in [5.41, 5.74) is 1.18. The monoisotopic (exact) mass is 333 g/mol. The molecule has 0 heterocycles. The first-order valence-electron chi connectivity index (χ1n) is 7.35. The van der Waals surface area contributed by atoms with Crippen molar-refractivity contribution in [3.05, 3.63) is 33.8 Å². The number of rotatable bonds is 9. The number of thioether (sulfide) groups is 1. The van der Waals surface area contributed by atoms with Crippen LogP contribution in [0.3, 0.4) is 0 Å². The van der Waals surface area contributed by atoms with Gasteiger partial charge in [-0.2, -0.15) is 11.8 Å². The molecule has 0 saturated heterocycles. The Labute approximate surface area is 137 Å². The average Bonchev–Trinajstić information content (AvgIpc) is 2.43. The van der Waals surface area contributed by atoms with Gasteiger partial charge in [-0.3, -0.25) is 0 Å². The molecule has 0 spiro atoms. The van der Waals surface area contributed by atoms with Crippen LogP contribution < -0.4 is 5.32 Å². The number of halogens is 2. The van der Waals surface area contributed by atoms with E-state index in [9.17, 15) is 0 Å². The second kappa shape index (κ2) is 9.94. The lowest BCUT2D eigenvalue weighted by atomic mass is 10.1. The Morgan fingerprint density at radius 1 is 1.25 bits per heavy atom. The van der Waals surface area contributed by atoms with Gasteiger partial charge in [0, 0.05) is 27.1 Å². The SMILES string of the molecule is CCCNC(CSC(C)CC)Cc1ccc(Cl)cc1Cl. The number of benzene rings is 1. The van der Waals surface area contributed by atoms with Gasteiger partial charge in [-0.15, -0.1) is 0 Å². The average molecular weight is 334 g/mol. The molecule has 0 aliphatic heterocycles. The topological polar surface area (TPSA) is 12.0 Å². The Bertz CT molecular complexity index is 398. The summed E-state index contributed by atoms with van der Waals surface area (Å²) in [7, 11) is 0. The minimum absolute atomic E-state index is 0.465. The minimum Gasteiger partial charge on any atom is -0.313 e. The highest BCUT2D eigenvalue weighted by Gasteiger charge is 2.13. The quantitative estimate of drug-likeness (QED) is 0.646. The lowest BCUT2D eigenvalue weighted by Gasteiger charge is -2.20. The van der Waals surface area contributed by atoms with Crippen molar-refractivity contribution in [2.24, 2.45) is 0 Å². The van der Waals surface area contributed by atoms with E-state index in [2.05, 4.69) is 26.1 Å². The van der Waals surface area contributed by atoms with Crippen molar-refractivity contribution in [3.8, 4) is 0 Å². The van der Waals surface area contributed by atoms with E-state index in [1.54, 1.807) is 0 Å². The van der Waals surface area contributed by atoms with Crippen molar-refractivity contribution in [2.75, 3.05) is 12.3 Å². The maximum atomic E-state index is 6.28. The van der Waals surface area contributed by atoms with E-state index < -0.39 is 0 Å². The van der Waals surface area contributed by atoms with Gasteiger partial charge in [0.1, 0.15) is 0 Å². The van der Waals surface area contributed by atoms with Crippen LogP contribution in [0.4, 0.5) is 0 Å². The highest BCUT2D eigenvalue weighted by atomic mass is 35.5. The number of hydrogen-bond acceptors (Lipinski definition) is 2. The fourth-order valence-corrected chi connectivity index (χ4v) is 3.41. The third-order valence-corrected chi connectivity index (χ3v) is 5.41. The first-order chi connectivity index (χ1) is 9.56. The van der Waals surface area contributed by atoms with Crippen LogP contribution >= 0.6 is 35.0 Å². The molecule has 20 heavy (non-hydrogen) atoms. The van der Waals surface area contributed by atoms with Crippen LogP contribution in [0.1, 0.15) is 39.2 Å². The predicted octanol–water partition coefficient (Wildman–Crippen LogP) is 5.44. The van der Waals surface area contributed by atoms with Crippen LogP contribution in [0, 0.1) is 0 Å². The van der Waals surface area contributed by atoms with Crippen LogP contribution in [0.2, 0.25) is 10.0 Å². The second-order valence-electron chi connectivity index (χ2n) is 5.14. The molecule has 4 heteroatoms. The maximum Gasteiger partial charge on any atom is 0.0453 e. The zero-order valence-corrected chi connectivity index (χ0v) is 14.9. The van der Waals surface area contributed by atoms with E-state index in [1.165, 1.54) is 12.0 Å². The summed E-state index contributed by atoms with van der Waals surface area (Å²) in [6.07, 6.45) is 3.32. The van der Waals surface area contributed by atoms with Crippen molar-refractivity contribution >= 4 is 35.0 Å². The molecule has 0 amide bonds. The van der Waals surface area contributed by atoms with E-state index in [0.29, 0.717) is 16.3 Å². The molecule has 0 radical (unpaired) electrons. The van der Waals surface area contributed by atoms with Crippen molar-refractivity contribution in [2.45, 2.75) is 51.3 Å². The first kappa shape index (κ1) is 18.2. The Kier molecular flexibility index (Phi) is 9.03. The molecule has 0 aliphatic carbocycles. The molecular weight excluding hydrogens is 309 g/mol. The van der Waals surface area contributed by atoms with Crippen molar-refractivity contribution in [1.29, 1.82) is 0 Å². The zero-order valence-electron chi connectivity index (χ0n) is 12.6. The van der Waals surface area contributed by atoms with Crippen molar-refractivity contribution in [3.63, 3.8) is 0 Å². The maximum absolute atomic E-state index is 6.28. The van der Waals surface area contributed by atoms with Gasteiger partial charge >= 0.3 is 0 Å². The van der Waals surface area contributed by atoms with E-state index in [4.69, 9.17) is 23.2 Å². The third kappa shape index (κ3) is 6.71. The molecule has 0 aromatic heterocycles. The normalized spacial score (nSPS) is 14.2. The molecule has 1 nitrogen and oxygen atoms in total. The molecule has 0 fully saturated rings. The van der Waals surface area contributed by atoms with E-state index in [0.717, 1.165) is 30.2 Å². The molecule has 0 saturated carbocycles. The van der Waals surface area contributed by atoms with Gasteiger partial charge in [0.2, 0.25) is 0 Å². The molecule has 114 valence electrons. The molecule has 1 aromatic carbocycles. The summed E-state index contributed by atoms with van der Waals surface area (Å²) in [4.78, 5) is 0. The van der Waals surface area contributed by atoms with Crippen LogP contribution in [0.25, 0.3) is 0 Å². The summed E-state index contributed by atoms with van der Waals surface area (Å²) < 4.78 is 0. The van der Waals surface area contributed by atoms with E-state index in [-0.39, 0.29) is 0 Å². The zero-order chi connectivity index (χ0) is 15.0. The van der Waals surface area contributed by atoms with Gasteiger partial charge in [-0.05, 0) is 43.5 Å². The lowest BCUT2D eigenvalue weighted by Crippen LogP contribution is -2.34. The van der Waals surface area contributed by atoms with Gasteiger partial charge in [-0.1, -0.05) is 50.0 Å². The smallest absolute Gasteiger partial charge is 0.0453 e. The van der Waals surface area contributed by atoms with Gasteiger partial charge in [0.15, 0.2) is 0 Å². The molecule has 1 N–H and O–H groups in total. The summed E-state index contributed by atoms with van der Waals surface area (Å²) in [6.45, 7) is 7.77. The Hall–Kier alpha value is 0.110. The van der Waals surface area contributed by atoms with E-state index in [1.807, 2.05) is 30.0 Å². The molecule has 1 aromatic rings. The van der Waals surface area contributed by atoms with Crippen LogP contribution in [0.5, 0.6) is 0 Å². The number of hydrogen-bond donors (Lipinski definition) is 1. The lowest BCUT2D eigenvalue weighted by molar-refractivity contribution is 0.549. The third-order valence-electron chi connectivity index (χ3n) is 3.32.